The van der Waals surface area contributed by atoms with E-state index in [1.165, 1.54) is 0 Å². The van der Waals surface area contributed by atoms with Crippen LogP contribution in [0.25, 0.3) is 0 Å². The molecule has 2 fully saturated rings. The first-order valence-electron chi connectivity index (χ1n) is 16.7. The van der Waals surface area contributed by atoms with Crippen molar-refractivity contribution in [2.75, 3.05) is 84.9 Å². The van der Waals surface area contributed by atoms with Crippen molar-refractivity contribution in [3.63, 3.8) is 0 Å². The highest BCUT2D eigenvalue weighted by molar-refractivity contribution is 5.68. The van der Waals surface area contributed by atoms with Crippen LogP contribution in [0.4, 0.5) is 10.5 Å². The SMILES string of the molecule is COCCCN1CCOc2ccc(CO[C@H]3CN(C(=O)OC(C)(C)C)CC[C@]3(OC[C@H]3CO3)c3ccc(COCCOC)cc3)cc21. The van der Waals surface area contributed by atoms with E-state index in [-0.39, 0.29) is 12.2 Å². The van der Waals surface area contributed by atoms with E-state index >= 15 is 0 Å². The molecule has 11 heteroatoms. The van der Waals surface area contributed by atoms with Crippen molar-refractivity contribution in [2.45, 2.75) is 70.2 Å². The Morgan fingerprint density at radius 3 is 2.47 bits per heavy atom. The second kappa shape index (κ2) is 16.5. The normalized spacial score (nSPS) is 22.5. The molecule has 3 aliphatic heterocycles. The van der Waals surface area contributed by atoms with Crippen LogP contribution in [0.15, 0.2) is 42.5 Å². The average Bonchev–Trinajstić information content (AvgIpc) is 3.89. The summed E-state index contributed by atoms with van der Waals surface area (Å²) in [5.74, 6) is 0.875. The predicted octanol–water partition coefficient (Wildman–Crippen LogP) is 4.92. The maximum absolute atomic E-state index is 13.3. The van der Waals surface area contributed by atoms with Gasteiger partial charge in [0.1, 0.15) is 35.8 Å². The van der Waals surface area contributed by atoms with Gasteiger partial charge in [0.25, 0.3) is 0 Å². The number of ether oxygens (including phenoxy) is 8. The molecule has 2 aromatic rings. The molecule has 0 saturated carbocycles. The molecule has 3 atom stereocenters. The number of hydrogen-bond acceptors (Lipinski definition) is 10. The number of nitrogens with zero attached hydrogens (tertiary/aromatic N) is 2. The molecule has 3 aliphatic rings. The van der Waals surface area contributed by atoms with Crippen molar-refractivity contribution in [3.8, 4) is 5.75 Å². The second-order valence-corrected chi connectivity index (χ2v) is 13.4. The summed E-state index contributed by atoms with van der Waals surface area (Å²) in [6.07, 6.45) is 0.706. The lowest BCUT2D eigenvalue weighted by molar-refractivity contribution is -0.187. The van der Waals surface area contributed by atoms with E-state index < -0.39 is 17.3 Å². The Labute approximate surface area is 279 Å². The number of fused-ring (bicyclic) bond motifs is 1. The average molecular weight is 657 g/mol. The van der Waals surface area contributed by atoms with Crippen LogP contribution in [0.1, 0.15) is 50.3 Å². The minimum absolute atomic E-state index is 0.0644. The van der Waals surface area contributed by atoms with Gasteiger partial charge in [-0.2, -0.15) is 0 Å². The lowest BCUT2D eigenvalue weighted by atomic mass is 9.81. The zero-order valence-electron chi connectivity index (χ0n) is 28.7. The third-order valence-corrected chi connectivity index (χ3v) is 8.59. The Bertz CT molecular complexity index is 1280. The summed E-state index contributed by atoms with van der Waals surface area (Å²) < 4.78 is 47.0. The number of carbonyl (C=O) groups is 1. The number of anilines is 1. The Balaban J connectivity index is 1.39. The van der Waals surface area contributed by atoms with Crippen LogP contribution in [-0.4, -0.2) is 109 Å². The van der Waals surface area contributed by atoms with Crippen molar-refractivity contribution in [2.24, 2.45) is 0 Å². The summed E-state index contributed by atoms with van der Waals surface area (Å²) in [7, 11) is 3.39. The van der Waals surface area contributed by atoms with E-state index in [1.807, 2.05) is 32.9 Å². The minimum Gasteiger partial charge on any atom is -0.490 e. The van der Waals surface area contributed by atoms with Gasteiger partial charge in [-0.05, 0) is 56.0 Å². The van der Waals surface area contributed by atoms with Crippen LogP contribution < -0.4 is 9.64 Å². The molecular weight excluding hydrogens is 604 g/mol. The highest BCUT2D eigenvalue weighted by atomic mass is 16.6. The summed E-state index contributed by atoms with van der Waals surface area (Å²) >= 11 is 0. The fourth-order valence-electron chi connectivity index (χ4n) is 6.02. The quantitative estimate of drug-likeness (QED) is 0.183. The summed E-state index contributed by atoms with van der Waals surface area (Å²) in [6.45, 7) is 12.5. The molecule has 0 bridgehead atoms. The highest BCUT2D eigenvalue weighted by Crippen LogP contribution is 2.41. The second-order valence-electron chi connectivity index (χ2n) is 13.4. The van der Waals surface area contributed by atoms with Crippen LogP contribution in [0, 0.1) is 0 Å². The van der Waals surface area contributed by atoms with Crippen molar-refractivity contribution in [1.29, 1.82) is 0 Å². The van der Waals surface area contributed by atoms with Crippen LogP contribution >= 0.6 is 0 Å². The maximum Gasteiger partial charge on any atom is 0.410 e. The predicted molar refractivity (Wildman–Crippen MR) is 177 cm³/mol. The van der Waals surface area contributed by atoms with Crippen LogP contribution in [0.3, 0.4) is 0 Å². The molecule has 0 aliphatic carbocycles. The first kappa shape index (κ1) is 35.4. The van der Waals surface area contributed by atoms with E-state index in [1.54, 1.807) is 19.1 Å². The number of hydrogen-bond donors (Lipinski definition) is 0. The zero-order chi connectivity index (χ0) is 33.3. The third kappa shape index (κ3) is 9.81. The minimum atomic E-state index is -0.802. The van der Waals surface area contributed by atoms with E-state index in [0.717, 1.165) is 47.6 Å². The van der Waals surface area contributed by atoms with E-state index in [4.69, 9.17) is 37.9 Å². The van der Waals surface area contributed by atoms with Gasteiger partial charge >= 0.3 is 6.09 Å². The van der Waals surface area contributed by atoms with Gasteiger partial charge in [0, 0.05) is 40.3 Å². The third-order valence-electron chi connectivity index (χ3n) is 8.59. The molecule has 0 aromatic heterocycles. The monoisotopic (exact) mass is 656 g/mol. The van der Waals surface area contributed by atoms with Crippen molar-refractivity contribution >= 4 is 11.8 Å². The standard InChI is InChI=1S/C36H52N2O9/c1-35(2,3)47-34(39)38-15-13-36(46-26-30-25-44-30,29-10-7-27(8-11-29)23-42-20-19-41-5)33(22-38)45-24-28-9-12-32-31(21-28)37(16-18-43-32)14-6-17-40-4/h7-12,21,30,33H,6,13-20,22-26H2,1-5H3/t30-,33+,36+/m1/s1. The molecular formula is C36H52N2O9. The number of rotatable bonds is 16. The molecule has 11 nitrogen and oxygen atoms in total. The molecule has 47 heavy (non-hydrogen) atoms. The van der Waals surface area contributed by atoms with Crippen LogP contribution in [-0.2, 0) is 52.0 Å². The molecule has 0 N–H and O–H groups in total. The molecule has 5 rings (SSSR count). The molecule has 2 saturated heterocycles. The number of carbonyl (C=O) groups excluding carboxylic acids is 1. The summed E-state index contributed by atoms with van der Waals surface area (Å²) in [5, 5.41) is 0. The van der Waals surface area contributed by atoms with Crippen LogP contribution in [0.5, 0.6) is 5.75 Å². The zero-order valence-corrected chi connectivity index (χ0v) is 28.7. The van der Waals surface area contributed by atoms with Crippen molar-refractivity contribution < 1.29 is 42.7 Å². The number of benzene rings is 2. The first-order chi connectivity index (χ1) is 22.7. The van der Waals surface area contributed by atoms with Gasteiger partial charge in [-0.1, -0.05) is 30.3 Å². The highest BCUT2D eigenvalue weighted by Gasteiger charge is 2.49. The van der Waals surface area contributed by atoms with Crippen molar-refractivity contribution in [1.82, 2.24) is 4.90 Å². The van der Waals surface area contributed by atoms with Gasteiger partial charge in [-0.15, -0.1) is 0 Å². The van der Waals surface area contributed by atoms with Gasteiger partial charge in [-0.3, -0.25) is 0 Å². The number of epoxide rings is 1. The largest absolute Gasteiger partial charge is 0.490 e. The van der Waals surface area contributed by atoms with Gasteiger partial charge in [0.15, 0.2) is 0 Å². The Hall–Kier alpha value is -2.93. The van der Waals surface area contributed by atoms with E-state index in [0.29, 0.717) is 72.4 Å². The smallest absolute Gasteiger partial charge is 0.410 e. The summed E-state index contributed by atoms with van der Waals surface area (Å²) in [5.41, 5.74) is 2.72. The number of methoxy groups -OCH3 is 2. The number of amides is 1. The van der Waals surface area contributed by atoms with Gasteiger partial charge < -0.3 is 47.7 Å². The summed E-state index contributed by atoms with van der Waals surface area (Å²) in [4.78, 5) is 17.4. The fourth-order valence-corrected chi connectivity index (χ4v) is 6.02. The molecule has 0 unspecified atom stereocenters. The maximum atomic E-state index is 13.3. The first-order valence-corrected chi connectivity index (χ1v) is 16.7. The lowest BCUT2D eigenvalue weighted by Gasteiger charge is -2.47. The van der Waals surface area contributed by atoms with E-state index in [9.17, 15) is 4.79 Å². The van der Waals surface area contributed by atoms with E-state index in [2.05, 4.69) is 35.2 Å². The lowest BCUT2D eigenvalue weighted by Crippen LogP contribution is -2.58. The Kier molecular flexibility index (Phi) is 12.4. The Morgan fingerprint density at radius 1 is 0.979 bits per heavy atom. The van der Waals surface area contributed by atoms with Crippen LogP contribution in [0.2, 0.25) is 0 Å². The summed E-state index contributed by atoms with van der Waals surface area (Å²) in [6, 6.07) is 14.5. The topological polar surface area (TPSA) is 101 Å². The molecule has 0 spiro atoms. The molecule has 2 aromatic carbocycles. The van der Waals surface area contributed by atoms with Gasteiger partial charge in [0.2, 0.25) is 0 Å². The van der Waals surface area contributed by atoms with Gasteiger partial charge in [0.05, 0.1) is 58.4 Å². The number of likely N-dealkylation sites (tertiary alicyclic amines) is 1. The number of piperidine rings is 1. The molecule has 1 amide bonds. The molecule has 260 valence electrons. The molecule has 3 heterocycles. The van der Waals surface area contributed by atoms with Crippen molar-refractivity contribution in [3.05, 3.63) is 59.2 Å². The Morgan fingerprint density at radius 2 is 1.74 bits per heavy atom. The molecule has 0 radical (unpaired) electrons. The van der Waals surface area contributed by atoms with Gasteiger partial charge in [-0.25, -0.2) is 4.79 Å². The fraction of sp³-hybridized carbons (Fsp3) is 0.639.